The second-order valence-electron chi connectivity index (χ2n) is 5.99. The van der Waals surface area contributed by atoms with Gasteiger partial charge in [-0.05, 0) is 29.8 Å². The summed E-state index contributed by atoms with van der Waals surface area (Å²) in [7, 11) is 0. The monoisotopic (exact) mass is 365 g/mol. The largest absolute Gasteiger partial charge is 0.506 e. The van der Waals surface area contributed by atoms with Crippen LogP contribution in [0.3, 0.4) is 0 Å². The number of aromatic hydroxyl groups is 1. The Hall–Kier alpha value is -3.25. The molecule has 0 saturated heterocycles. The fourth-order valence-electron chi connectivity index (χ4n) is 3.21. The van der Waals surface area contributed by atoms with Crippen molar-refractivity contribution >= 4 is 29.0 Å². The number of aromatic nitrogens is 1. The van der Waals surface area contributed by atoms with Crippen LogP contribution in [-0.4, -0.2) is 21.8 Å². The highest BCUT2D eigenvalue weighted by molar-refractivity contribution is 6.32. The zero-order valence-electron chi connectivity index (χ0n) is 13.6. The van der Waals surface area contributed by atoms with E-state index in [2.05, 4.69) is 15.3 Å². The van der Waals surface area contributed by atoms with E-state index in [1.54, 1.807) is 12.1 Å². The third-order valence-corrected chi connectivity index (χ3v) is 4.65. The molecule has 2 heterocycles. The molecule has 6 N–H and O–H groups in total. The van der Waals surface area contributed by atoms with Crippen molar-refractivity contribution in [2.24, 2.45) is 10.7 Å². The molecule has 2 aromatic carbocycles. The van der Waals surface area contributed by atoms with Crippen molar-refractivity contribution in [3.05, 3.63) is 82.1 Å². The second kappa shape index (κ2) is 6.24. The third kappa shape index (κ3) is 2.70. The topological polar surface area (TPSA) is 110 Å². The van der Waals surface area contributed by atoms with Gasteiger partial charge in [0.05, 0.1) is 16.8 Å². The van der Waals surface area contributed by atoms with Crippen LogP contribution >= 0.6 is 11.6 Å². The van der Waals surface area contributed by atoms with Crippen LogP contribution in [0, 0.1) is 5.41 Å². The molecule has 26 heavy (non-hydrogen) atoms. The lowest BCUT2D eigenvalue weighted by atomic mass is 9.97. The maximum atomic E-state index is 9.74. The molecule has 6 nitrogen and oxygen atoms in total. The number of hydrogen-bond donors (Lipinski definition) is 5. The van der Waals surface area contributed by atoms with Gasteiger partial charge in [-0.3, -0.25) is 5.41 Å². The van der Waals surface area contributed by atoms with Crippen LogP contribution in [-0.2, 0) is 0 Å². The Morgan fingerprint density at radius 2 is 2.00 bits per heavy atom. The standard InChI is InChI=1S/C19H16ClN5O/c20-13-9-10(5-6-15(13)26)16-12-7-8-23-17(12)18(25-19(21)22)11-3-1-2-4-14(11)24-16/h1-9,16,23-24,26H,(H3,21,22)/b25-18-. The van der Waals surface area contributed by atoms with Crippen LogP contribution < -0.4 is 11.1 Å². The van der Waals surface area contributed by atoms with E-state index in [1.807, 2.05) is 42.6 Å². The van der Waals surface area contributed by atoms with Gasteiger partial charge in [-0.25, -0.2) is 4.99 Å². The number of nitrogens with two attached hydrogens (primary N) is 1. The number of rotatable bonds is 1. The number of aromatic amines is 1. The lowest BCUT2D eigenvalue weighted by Crippen LogP contribution is -2.14. The molecule has 3 aromatic rings. The quantitative estimate of drug-likeness (QED) is 0.335. The minimum atomic E-state index is -0.263. The summed E-state index contributed by atoms with van der Waals surface area (Å²) >= 11 is 6.12. The number of halogens is 1. The Labute approximate surface area is 154 Å². The van der Waals surface area contributed by atoms with E-state index in [4.69, 9.17) is 22.7 Å². The number of nitrogens with one attached hydrogen (secondary N) is 3. The van der Waals surface area contributed by atoms with Gasteiger partial charge in [0, 0.05) is 23.0 Å². The zero-order valence-corrected chi connectivity index (χ0v) is 14.4. The molecule has 1 aliphatic heterocycles. The minimum Gasteiger partial charge on any atom is -0.506 e. The first-order chi connectivity index (χ1) is 12.5. The Morgan fingerprint density at radius 3 is 2.77 bits per heavy atom. The van der Waals surface area contributed by atoms with Gasteiger partial charge < -0.3 is 21.1 Å². The number of benzene rings is 2. The normalized spacial score (nSPS) is 17.1. The van der Waals surface area contributed by atoms with Crippen molar-refractivity contribution in [3.8, 4) is 5.75 Å². The molecule has 0 aliphatic carbocycles. The summed E-state index contributed by atoms with van der Waals surface area (Å²) in [5, 5.41) is 21.2. The van der Waals surface area contributed by atoms with Gasteiger partial charge in [0.2, 0.25) is 5.96 Å². The highest BCUT2D eigenvalue weighted by Gasteiger charge is 2.28. The van der Waals surface area contributed by atoms with Crippen LogP contribution in [0.4, 0.5) is 5.69 Å². The smallest absolute Gasteiger partial charge is 0.213 e. The number of guanidine groups is 1. The van der Waals surface area contributed by atoms with E-state index in [-0.39, 0.29) is 22.8 Å². The van der Waals surface area contributed by atoms with Gasteiger partial charge in [0.25, 0.3) is 0 Å². The van der Waals surface area contributed by atoms with Crippen molar-refractivity contribution in [2.45, 2.75) is 6.04 Å². The van der Waals surface area contributed by atoms with E-state index in [0.29, 0.717) is 5.71 Å². The number of para-hydroxylation sites is 1. The maximum Gasteiger partial charge on any atom is 0.213 e. The van der Waals surface area contributed by atoms with Crippen molar-refractivity contribution in [3.63, 3.8) is 0 Å². The average Bonchev–Trinajstić information content (AvgIpc) is 3.05. The molecule has 4 rings (SSSR count). The summed E-state index contributed by atoms with van der Waals surface area (Å²) in [5.41, 5.74) is 10.5. The predicted octanol–water partition coefficient (Wildman–Crippen LogP) is 3.62. The molecule has 130 valence electrons. The molecule has 1 unspecified atom stereocenters. The third-order valence-electron chi connectivity index (χ3n) is 4.35. The van der Waals surface area contributed by atoms with E-state index < -0.39 is 0 Å². The van der Waals surface area contributed by atoms with Crippen molar-refractivity contribution in [1.82, 2.24) is 4.98 Å². The molecule has 1 aliphatic rings. The van der Waals surface area contributed by atoms with Gasteiger partial charge in [-0.1, -0.05) is 35.9 Å². The lowest BCUT2D eigenvalue weighted by molar-refractivity contribution is 0.475. The molecule has 7 heteroatoms. The predicted molar refractivity (Wildman–Crippen MR) is 103 cm³/mol. The van der Waals surface area contributed by atoms with Gasteiger partial charge in [-0.2, -0.15) is 0 Å². The maximum absolute atomic E-state index is 9.74. The van der Waals surface area contributed by atoms with E-state index in [9.17, 15) is 5.11 Å². The summed E-state index contributed by atoms with van der Waals surface area (Å²) in [5.74, 6) is -0.223. The summed E-state index contributed by atoms with van der Waals surface area (Å²) in [6.45, 7) is 0. The molecule has 1 atom stereocenters. The molecule has 0 spiro atoms. The number of aliphatic imine (C=N–C) groups is 1. The van der Waals surface area contributed by atoms with Crippen LogP contribution in [0.5, 0.6) is 5.75 Å². The summed E-state index contributed by atoms with van der Waals surface area (Å²) in [6, 6.07) is 14.6. The van der Waals surface area contributed by atoms with Crippen LogP contribution in [0.25, 0.3) is 0 Å². The number of H-pyrrole nitrogens is 1. The first-order valence-corrected chi connectivity index (χ1v) is 8.37. The Bertz CT molecular complexity index is 1040. The molecule has 1 aromatic heterocycles. The van der Waals surface area contributed by atoms with Gasteiger partial charge in [0.15, 0.2) is 0 Å². The molecule has 0 bridgehead atoms. The van der Waals surface area contributed by atoms with Crippen LogP contribution in [0.15, 0.2) is 59.7 Å². The lowest BCUT2D eigenvalue weighted by Gasteiger charge is -2.19. The first-order valence-electron chi connectivity index (χ1n) is 7.99. The van der Waals surface area contributed by atoms with Crippen LogP contribution in [0.2, 0.25) is 5.02 Å². The molecular weight excluding hydrogens is 350 g/mol. The number of phenolic OH excluding ortho intramolecular Hbond substituents is 1. The van der Waals surface area contributed by atoms with Crippen LogP contribution in [0.1, 0.15) is 28.4 Å². The molecule has 0 radical (unpaired) electrons. The van der Waals surface area contributed by atoms with Gasteiger partial charge >= 0.3 is 0 Å². The van der Waals surface area contributed by atoms with E-state index in [0.717, 1.165) is 28.1 Å². The average molecular weight is 366 g/mol. The van der Waals surface area contributed by atoms with Gasteiger partial charge in [0.1, 0.15) is 11.5 Å². The molecule has 0 amide bonds. The van der Waals surface area contributed by atoms with Crippen molar-refractivity contribution in [1.29, 1.82) is 5.41 Å². The fraction of sp³-hybridized carbons (Fsp3) is 0.0526. The molecule has 0 fully saturated rings. The first kappa shape index (κ1) is 16.2. The molecular formula is C19H16ClN5O. The molecule has 0 saturated carbocycles. The fourth-order valence-corrected chi connectivity index (χ4v) is 3.40. The van der Waals surface area contributed by atoms with Gasteiger partial charge in [-0.15, -0.1) is 0 Å². The summed E-state index contributed by atoms with van der Waals surface area (Å²) < 4.78 is 0. The Morgan fingerprint density at radius 1 is 1.19 bits per heavy atom. The second-order valence-corrected chi connectivity index (χ2v) is 6.39. The number of phenols is 1. The number of fused-ring (bicyclic) bond motifs is 2. The van der Waals surface area contributed by atoms with E-state index in [1.165, 1.54) is 0 Å². The zero-order chi connectivity index (χ0) is 18.3. The van der Waals surface area contributed by atoms with Crippen molar-refractivity contribution in [2.75, 3.05) is 5.32 Å². The Balaban J connectivity index is 1.96. The van der Waals surface area contributed by atoms with E-state index >= 15 is 0 Å². The SMILES string of the molecule is N=C(N)/N=C1/c2ccccc2NC(c2ccc(O)c(Cl)c2)c2cc[nH]c21. The van der Waals surface area contributed by atoms with Crippen molar-refractivity contribution < 1.29 is 5.11 Å². The highest BCUT2D eigenvalue weighted by atomic mass is 35.5. The summed E-state index contributed by atoms with van der Waals surface area (Å²) in [4.78, 5) is 7.47. The highest BCUT2D eigenvalue weighted by Crippen LogP contribution is 2.37. The minimum absolute atomic E-state index is 0.0394. The Kier molecular flexibility index (Phi) is 3.89. The number of nitrogens with zero attached hydrogens (tertiary/aromatic N) is 1. The summed E-state index contributed by atoms with van der Waals surface area (Å²) in [6.07, 6.45) is 1.82. The number of anilines is 1. The number of hydrogen-bond acceptors (Lipinski definition) is 3.